The summed E-state index contributed by atoms with van der Waals surface area (Å²) in [5.74, 6) is -0.138. The fourth-order valence-electron chi connectivity index (χ4n) is 9.99. The molecule has 1 amide bonds. The van der Waals surface area contributed by atoms with Crippen molar-refractivity contribution >= 4 is 5.91 Å². The van der Waals surface area contributed by atoms with Gasteiger partial charge in [-0.25, -0.2) is 0 Å². The van der Waals surface area contributed by atoms with Crippen LogP contribution in [0.2, 0.25) is 0 Å². The Balaban J connectivity index is 2.12. The zero-order valence-electron chi connectivity index (χ0n) is 44.4. The molecule has 7 atom stereocenters. The van der Waals surface area contributed by atoms with Crippen molar-refractivity contribution in [3.63, 3.8) is 0 Å². The average Bonchev–Trinajstić information content (AvgIpc) is 3.33. The summed E-state index contributed by atoms with van der Waals surface area (Å²) in [6.45, 7) is 3.88. The Labute approximate surface area is 414 Å². The summed E-state index contributed by atoms with van der Waals surface area (Å²) in [6, 6.07) is -0.713. The van der Waals surface area contributed by atoms with Crippen molar-refractivity contribution in [3.05, 3.63) is 0 Å². The Morgan fingerprint density at radius 1 is 0.448 bits per heavy atom. The summed E-state index contributed by atoms with van der Waals surface area (Å²) < 4.78 is 11.3. The van der Waals surface area contributed by atoms with Gasteiger partial charge in [-0.15, -0.1) is 0 Å². The highest BCUT2D eigenvalue weighted by atomic mass is 16.7. The maximum atomic E-state index is 13.0. The first-order valence-electron chi connectivity index (χ1n) is 29.7. The minimum Gasteiger partial charge on any atom is -0.394 e. The standard InChI is InChI=1S/C58H115NO8/c1-3-5-7-9-11-13-15-17-19-20-21-22-23-24-25-26-27-28-29-30-31-32-33-34-35-37-39-41-43-45-47-52(61)51(50-66-58-57(65)56(64)55(63)53(49-60)67-58)59-54(62)48-46-44-42-40-38-36-18-16-14-12-10-8-6-4-2/h51-53,55-58,60-61,63-65H,3-50H2,1-2H3,(H,59,62). The maximum Gasteiger partial charge on any atom is 0.220 e. The molecule has 67 heavy (non-hydrogen) atoms. The smallest absolute Gasteiger partial charge is 0.220 e. The molecule has 1 rings (SSSR count). The molecule has 0 spiro atoms. The van der Waals surface area contributed by atoms with Gasteiger partial charge in [-0.2, -0.15) is 0 Å². The number of unbranched alkanes of at least 4 members (excludes halogenated alkanes) is 42. The third kappa shape index (κ3) is 38.5. The topological polar surface area (TPSA) is 149 Å². The van der Waals surface area contributed by atoms with Gasteiger partial charge in [-0.05, 0) is 12.8 Å². The van der Waals surface area contributed by atoms with Crippen molar-refractivity contribution in [2.45, 2.75) is 352 Å². The SMILES string of the molecule is CCCCCCCCCCCCCCCCCCCCCCCCCCCCCCCCC(O)C(COC1OC(CO)C(O)C(O)C1O)NC(=O)CCCCCCCCCCCCCCCC. The van der Waals surface area contributed by atoms with Crippen molar-refractivity contribution in [3.8, 4) is 0 Å². The largest absolute Gasteiger partial charge is 0.394 e. The van der Waals surface area contributed by atoms with Gasteiger partial charge in [-0.1, -0.05) is 290 Å². The lowest BCUT2D eigenvalue weighted by Gasteiger charge is -2.40. The van der Waals surface area contributed by atoms with Crippen molar-refractivity contribution in [1.82, 2.24) is 5.32 Å². The van der Waals surface area contributed by atoms with Crippen LogP contribution >= 0.6 is 0 Å². The average molecular weight is 955 g/mol. The minimum absolute atomic E-state index is 0.131. The third-order valence-electron chi connectivity index (χ3n) is 14.7. The number of carbonyl (C=O) groups is 1. The molecule has 0 aliphatic carbocycles. The van der Waals surface area contributed by atoms with E-state index in [1.54, 1.807) is 0 Å². The number of carbonyl (C=O) groups excluding carboxylic acids is 1. The first kappa shape index (κ1) is 64.2. The van der Waals surface area contributed by atoms with Gasteiger partial charge in [-0.3, -0.25) is 4.79 Å². The number of nitrogens with one attached hydrogen (secondary N) is 1. The van der Waals surface area contributed by atoms with Crippen molar-refractivity contribution in [1.29, 1.82) is 0 Å². The first-order chi connectivity index (χ1) is 32.8. The van der Waals surface area contributed by atoms with Crippen LogP contribution in [0.5, 0.6) is 0 Å². The van der Waals surface area contributed by atoms with Gasteiger partial charge in [0.25, 0.3) is 0 Å². The third-order valence-corrected chi connectivity index (χ3v) is 14.7. The second kappa shape index (κ2) is 48.8. The molecule has 1 aliphatic rings. The van der Waals surface area contributed by atoms with Crippen molar-refractivity contribution in [2.75, 3.05) is 13.2 Å². The van der Waals surface area contributed by atoms with E-state index in [-0.39, 0.29) is 12.5 Å². The van der Waals surface area contributed by atoms with Crippen molar-refractivity contribution in [2.24, 2.45) is 0 Å². The molecule has 0 aromatic carbocycles. The predicted molar refractivity (Wildman–Crippen MR) is 281 cm³/mol. The summed E-state index contributed by atoms with van der Waals surface area (Å²) in [5.41, 5.74) is 0. The quantitative estimate of drug-likeness (QED) is 0.0330. The number of amides is 1. The Kier molecular flexibility index (Phi) is 46.8. The lowest BCUT2D eigenvalue weighted by molar-refractivity contribution is -0.302. The highest BCUT2D eigenvalue weighted by Gasteiger charge is 2.44. The van der Waals surface area contributed by atoms with E-state index < -0.39 is 49.5 Å². The molecule has 0 radical (unpaired) electrons. The molecular formula is C58H115NO8. The fraction of sp³-hybridized carbons (Fsp3) is 0.983. The van der Waals surface area contributed by atoms with Crippen LogP contribution in [0.4, 0.5) is 0 Å². The number of aliphatic hydroxyl groups is 5. The second-order valence-electron chi connectivity index (χ2n) is 21.2. The Morgan fingerprint density at radius 2 is 0.746 bits per heavy atom. The molecule has 9 heteroatoms. The summed E-state index contributed by atoms with van der Waals surface area (Å²) in [7, 11) is 0. The Morgan fingerprint density at radius 3 is 1.06 bits per heavy atom. The molecule has 0 aromatic heterocycles. The number of hydrogen-bond donors (Lipinski definition) is 6. The summed E-state index contributed by atoms with van der Waals surface area (Å²) in [4.78, 5) is 13.0. The molecule has 0 bridgehead atoms. The number of ether oxygens (including phenoxy) is 2. The van der Waals surface area contributed by atoms with Crippen molar-refractivity contribution < 1.29 is 39.8 Å². The molecule has 1 aliphatic heterocycles. The molecule has 0 saturated carbocycles. The van der Waals surface area contributed by atoms with E-state index in [0.717, 1.165) is 38.5 Å². The van der Waals surface area contributed by atoms with Gasteiger partial charge >= 0.3 is 0 Å². The predicted octanol–water partition coefficient (Wildman–Crippen LogP) is 14.6. The summed E-state index contributed by atoms with van der Waals surface area (Å²) in [6.07, 6.45) is 51.5. The lowest BCUT2D eigenvalue weighted by Crippen LogP contribution is -2.60. The highest BCUT2D eigenvalue weighted by molar-refractivity contribution is 5.76. The van der Waals surface area contributed by atoms with Crippen LogP contribution in [0.3, 0.4) is 0 Å². The molecule has 6 N–H and O–H groups in total. The molecule has 9 nitrogen and oxygen atoms in total. The van der Waals surface area contributed by atoms with Gasteiger partial charge in [0, 0.05) is 6.42 Å². The number of aliphatic hydroxyl groups excluding tert-OH is 5. The second-order valence-corrected chi connectivity index (χ2v) is 21.2. The van der Waals surface area contributed by atoms with Gasteiger partial charge in [0.05, 0.1) is 25.4 Å². The summed E-state index contributed by atoms with van der Waals surface area (Å²) in [5, 5.41) is 54.6. The zero-order valence-corrected chi connectivity index (χ0v) is 44.4. The Hall–Kier alpha value is -0.810. The van der Waals surface area contributed by atoms with Gasteiger partial charge in [0.1, 0.15) is 24.4 Å². The molecule has 400 valence electrons. The van der Waals surface area contributed by atoms with E-state index in [1.807, 2.05) is 0 Å². The molecule has 1 fully saturated rings. The molecule has 7 unspecified atom stereocenters. The van der Waals surface area contributed by atoms with Crippen LogP contribution in [0.15, 0.2) is 0 Å². The molecule has 1 heterocycles. The van der Waals surface area contributed by atoms with E-state index in [0.29, 0.717) is 12.8 Å². The molecular weight excluding hydrogens is 839 g/mol. The van der Waals surface area contributed by atoms with E-state index in [9.17, 15) is 30.3 Å². The minimum atomic E-state index is -1.55. The molecule has 0 aromatic rings. The van der Waals surface area contributed by atoms with E-state index in [4.69, 9.17) is 9.47 Å². The van der Waals surface area contributed by atoms with E-state index in [1.165, 1.54) is 244 Å². The maximum absolute atomic E-state index is 13.0. The zero-order chi connectivity index (χ0) is 48.7. The first-order valence-corrected chi connectivity index (χ1v) is 29.7. The lowest BCUT2D eigenvalue weighted by atomic mass is 9.99. The highest BCUT2D eigenvalue weighted by Crippen LogP contribution is 2.23. The van der Waals surface area contributed by atoms with Crippen LogP contribution in [0.1, 0.15) is 309 Å². The van der Waals surface area contributed by atoms with Crippen LogP contribution in [0.25, 0.3) is 0 Å². The van der Waals surface area contributed by atoms with Crippen LogP contribution in [-0.2, 0) is 14.3 Å². The van der Waals surface area contributed by atoms with Gasteiger partial charge in [0.2, 0.25) is 5.91 Å². The van der Waals surface area contributed by atoms with Crippen LogP contribution in [0, 0.1) is 0 Å². The fourth-order valence-corrected chi connectivity index (χ4v) is 9.99. The molecule has 1 saturated heterocycles. The number of rotatable bonds is 52. The van der Waals surface area contributed by atoms with Crippen LogP contribution < -0.4 is 5.32 Å². The Bertz CT molecular complexity index is 1020. The van der Waals surface area contributed by atoms with E-state index in [2.05, 4.69) is 19.2 Å². The van der Waals surface area contributed by atoms with Crippen LogP contribution in [-0.4, -0.2) is 87.5 Å². The normalized spacial score (nSPS) is 19.5. The van der Waals surface area contributed by atoms with E-state index >= 15 is 0 Å². The summed E-state index contributed by atoms with van der Waals surface area (Å²) >= 11 is 0. The number of hydrogen-bond acceptors (Lipinski definition) is 8. The monoisotopic (exact) mass is 954 g/mol. The van der Waals surface area contributed by atoms with Gasteiger partial charge in [0.15, 0.2) is 6.29 Å². The van der Waals surface area contributed by atoms with Gasteiger partial charge < -0.3 is 40.3 Å².